The fraction of sp³-hybridized carbons (Fsp3) is 0.588. The van der Waals surface area contributed by atoms with Crippen LogP contribution >= 0.6 is 22.9 Å². The van der Waals surface area contributed by atoms with Crippen LogP contribution in [0.15, 0.2) is 12.1 Å². The van der Waals surface area contributed by atoms with Crippen molar-refractivity contribution in [3.05, 3.63) is 33.0 Å². The summed E-state index contributed by atoms with van der Waals surface area (Å²) in [5.74, 6) is 2.51. The van der Waals surface area contributed by atoms with Gasteiger partial charge in [-0.25, -0.2) is 0 Å². The van der Waals surface area contributed by atoms with Gasteiger partial charge in [-0.15, -0.1) is 21.5 Å². The summed E-state index contributed by atoms with van der Waals surface area (Å²) in [4.78, 5) is 17.3. The van der Waals surface area contributed by atoms with E-state index in [0.29, 0.717) is 15.1 Å². The minimum absolute atomic E-state index is 0.0839. The molecule has 0 bridgehead atoms. The number of rotatable bonds is 5. The highest BCUT2D eigenvalue weighted by molar-refractivity contribution is 7.17. The molecule has 25 heavy (non-hydrogen) atoms. The van der Waals surface area contributed by atoms with E-state index in [9.17, 15) is 4.79 Å². The van der Waals surface area contributed by atoms with Gasteiger partial charge in [-0.05, 0) is 46.0 Å². The number of aromatic nitrogens is 3. The predicted molar refractivity (Wildman–Crippen MR) is 100 cm³/mol. The van der Waals surface area contributed by atoms with Crippen LogP contribution < -0.4 is 0 Å². The van der Waals surface area contributed by atoms with E-state index in [1.807, 2.05) is 25.1 Å². The largest absolute Gasteiger partial charge is 0.338 e. The van der Waals surface area contributed by atoms with Crippen LogP contribution in [0.2, 0.25) is 4.34 Å². The highest BCUT2D eigenvalue weighted by Gasteiger charge is 2.28. The highest BCUT2D eigenvalue weighted by atomic mass is 35.5. The lowest BCUT2D eigenvalue weighted by molar-refractivity contribution is 0.0715. The van der Waals surface area contributed by atoms with Crippen LogP contribution in [0.4, 0.5) is 0 Å². The van der Waals surface area contributed by atoms with Gasteiger partial charge in [-0.3, -0.25) is 4.79 Å². The smallest absolute Gasteiger partial charge is 0.263 e. The Labute approximate surface area is 157 Å². The van der Waals surface area contributed by atoms with Gasteiger partial charge in [0.05, 0.1) is 15.8 Å². The van der Waals surface area contributed by atoms with Gasteiger partial charge in [0.15, 0.2) is 0 Å². The Balaban J connectivity index is 1.66. The number of piperidine rings is 1. The number of hydrogen-bond acceptors (Lipinski definition) is 5. The first-order valence-electron chi connectivity index (χ1n) is 8.61. The van der Waals surface area contributed by atoms with E-state index >= 15 is 0 Å². The monoisotopic (exact) mass is 381 g/mol. The number of amides is 1. The number of likely N-dealkylation sites (tertiary alicyclic amines) is 1. The average molecular weight is 382 g/mol. The predicted octanol–water partition coefficient (Wildman–Crippen LogP) is 3.09. The molecule has 0 saturated carbocycles. The van der Waals surface area contributed by atoms with Crippen molar-refractivity contribution in [3.8, 4) is 0 Å². The van der Waals surface area contributed by atoms with E-state index < -0.39 is 0 Å². The zero-order valence-corrected chi connectivity index (χ0v) is 16.5. The maximum atomic E-state index is 12.5. The standard InChI is InChI=1S/C17H24ClN5OS/c1-4-23-15(11-21(2)3)19-20-16(23)12-7-9-22(10-8-12)17(24)13-5-6-14(18)25-13/h5-6,12H,4,7-11H2,1-3H3. The van der Waals surface area contributed by atoms with E-state index in [4.69, 9.17) is 11.6 Å². The van der Waals surface area contributed by atoms with Crippen molar-refractivity contribution >= 4 is 28.8 Å². The van der Waals surface area contributed by atoms with Gasteiger partial charge in [0.25, 0.3) is 5.91 Å². The molecule has 0 unspecified atom stereocenters. The minimum Gasteiger partial charge on any atom is -0.338 e. The van der Waals surface area contributed by atoms with E-state index in [1.54, 1.807) is 6.07 Å². The number of nitrogens with zero attached hydrogens (tertiary/aromatic N) is 5. The number of carbonyl (C=O) groups is 1. The summed E-state index contributed by atoms with van der Waals surface area (Å²) in [5.41, 5.74) is 0. The molecular weight excluding hydrogens is 358 g/mol. The molecule has 2 aromatic rings. The normalized spacial score (nSPS) is 16.0. The Morgan fingerprint density at radius 2 is 2.04 bits per heavy atom. The molecule has 1 fully saturated rings. The molecule has 8 heteroatoms. The highest BCUT2D eigenvalue weighted by Crippen LogP contribution is 2.29. The van der Waals surface area contributed by atoms with Crippen molar-refractivity contribution in [3.63, 3.8) is 0 Å². The fourth-order valence-corrected chi connectivity index (χ4v) is 4.33. The van der Waals surface area contributed by atoms with Gasteiger partial charge in [0.2, 0.25) is 0 Å². The van der Waals surface area contributed by atoms with Gasteiger partial charge >= 0.3 is 0 Å². The summed E-state index contributed by atoms with van der Waals surface area (Å²) < 4.78 is 2.88. The quantitative estimate of drug-likeness (QED) is 0.798. The van der Waals surface area contributed by atoms with Crippen molar-refractivity contribution in [1.29, 1.82) is 0 Å². The van der Waals surface area contributed by atoms with Crippen molar-refractivity contribution in [2.75, 3.05) is 27.2 Å². The maximum Gasteiger partial charge on any atom is 0.263 e. The molecule has 0 atom stereocenters. The molecule has 3 heterocycles. The number of carbonyl (C=O) groups excluding carboxylic acids is 1. The molecule has 3 rings (SSSR count). The third-order valence-corrected chi connectivity index (χ3v) is 5.78. The summed E-state index contributed by atoms with van der Waals surface area (Å²) in [6, 6.07) is 3.59. The van der Waals surface area contributed by atoms with Crippen LogP contribution in [-0.2, 0) is 13.1 Å². The maximum absolute atomic E-state index is 12.5. The lowest BCUT2D eigenvalue weighted by Crippen LogP contribution is -2.38. The van der Waals surface area contributed by atoms with Gasteiger partial charge < -0.3 is 14.4 Å². The molecule has 0 aromatic carbocycles. The first-order valence-corrected chi connectivity index (χ1v) is 9.80. The molecule has 1 aliphatic heterocycles. The Hall–Kier alpha value is -1.44. The molecule has 2 aromatic heterocycles. The number of hydrogen-bond donors (Lipinski definition) is 0. The van der Waals surface area contributed by atoms with Gasteiger partial charge in [0, 0.05) is 25.6 Å². The van der Waals surface area contributed by atoms with Crippen molar-refractivity contribution in [2.45, 2.75) is 38.8 Å². The lowest BCUT2D eigenvalue weighted by Gasteiger charge is -2.31. The topological polar surface area (TPSA) is 54.3 Å². The molecule has 0 N–H and O–H groups in total. The zero-order valence-electron chi connectivity index (χ0n) is 14.9. The summed E-state index contributed by atoms with van der Waals surface area (Å²) in [6.45, 7) is 5.29. The van der Waals surface area contributed by atoms with Gasteiger partial charge in [-0.2, -0.15) is 0 Å². The summed E-state index contributed by atoms with van der Waals surface area (Å²) in [6.07, 6.45) is 1.84. The molecule has 0 radical (unpaired) electrons. The SMILES string of the molecule is CCn1c(CN(C)C)nnc1C1CCN(C(=O)c2ccc(Cl)s2)CC1. The van der Waals surface area contributed by atoms with E-state index in [-0.39, 0.29) is 5.91 Å². The first-order chi connectivity index (χ1) is 12.0. The van der Waals surface area contributed by atoms with Gasteiger partial charge in [-0.1, -0.05) is 11.6 Å². The molecule has 6 nitrogen and oxygen atoms in total. The molecule has 136 valence electrons. The Bertz CT molecular complexity index is 733. The average Bonchev–Trinajstić information content (AvgIpc) is 3.20. The van der Waals surface area contributed by atoms with Crippen LogP contribution in [-0.4, -0.2) is 57.7 Å². The zero-order chi connectivity index (χ0) is 18.0. The second kappa shape index (κ2) is 7.85. The first kappa shape index (κ1) is 18.4. The molecule has 0 aliphatic carbocycles. The number of halogens is 1. The Kier molecular flexibility index (Phi) is 5.76. The molecule has 1 aliphatic rings. The second-order valence-electron chi connectivity index (χ2n) is 6.63. The van der Waals surface area contributed by atoms with E-state index in [0.717, 1.165) is 50.7 Å². The lowest BCUT2D eigenvalue weighted by atomic mass is 9.95. The van der Waals surface area contributed by atoms with Crippen LogP contribution in [0.25, 0.3) is 0 Å². The van der Waals surface area contributed by atoms with Crippen LogP contribution in [0.3, 0.4) is 0 Å². The molecular formula is C17H24ClN5OS. The fourth-order valence-electron chi connectivity index (χ4n) is 3.32. The van der Waals surface area contributed by atoms with E-state index in [2.05, 4.69) is 26.6 Å². The number of thiophene rings is 1. The molecule has 0 spiro atoms. The summed E-state index contributed by atoms with van der Waals surface area (Å²) in [7, 11) is 4.07. The Morgan fingerprint density at radius 3 is 2.60 bits per heavy atom. The van der Waals surface area contributed by atoms with Crippen molar-refractivity contribution in [1.82, 2.24) is 24.6 Å². The molecule has 1 amide bonds. The third kappa shape index (κ3) is 4.04. The third-order valence-electron chi connectivity index (χ3n) is 4.56. The van der Waals surface area contributed by atoms with Crippen LogP contribution in [0, 0.1) is 0 Å². The summed E-state index contributed by atoms with van der Waals surface area (Å²) in [5, 5.41) is 8.85. The second-order valence-corrected chi connectivity index (χ2v) is 8.34. The minimum atomic E-state index is 0.0839. The van der Waals surface area contributed by atoms with Crippen molar-refractivity contribution in [2.24, 2.45) is 0 Å². The van der Waals surface area contributed by atoms with Crippen molar-refractivity contribution < 1.29 is 4.79 Å². The molecule has 1 saturated heterocycles. The summed E-state index contributed by atoms with van der Waals surface area (Å²) >= 11 is 7.29. The van der Waals surface area contributed by atoms with Gasteiger partial charge in [0.1, 0.15) is 11.6 Å². The van der Waals surface area contributed by atoms with Crippen LogP contribution in [0.1, 0.15) is 47.0 Å². The van der Waals surface area contributed by atoms with Crippen LogP contribution in [0.5, 0.6) is 0 Å². The van der Waals surface area contributed by atoms with E-state index in [1.165, 1.54) is 11.3 Å². The Morgan fingerprint density at radius 1 is 1.32 bits per heavy atom.